The van der Waals surface area contributed by atoms with E-state index in [0.717, 1.165) is 17.9 Å². The van der Waals surface area contributed by atoms with E-state index < -0.39 is 0 Å². The van der Waals surface area contributed by atoms with E-state index in [1.807, 2.05) is 6.20 Å². The molecule has 1 aliphatic carbocycles. The van der Waals surface area contributed by atoms with E-state index in [9.17, 15) is 0 Å². The molecule has 1 heterocycles. The second kappa shape index (κ2) is 4.08. The highest BCUT2D eigenvalue weighted by molar-refractivity contribution is 5.35. The molecule has 0 radical (unpaired) electrons. The fourth-order valence-electron chi connectivity index (χ4n) is 1.62. The lowest BCUT2D eigenvalue weighted by Crippen LogP contribution is -2.13. The van der Waals surface area contributed by atoms with Crippen molar-refractivity contribution >= 4 is 0 Å². The number of aryl methyl sites for hydroxylation is 1. The molecule has 0 aromatic carbocycles. The van der Waals surface area contributed by atoms with Crippen molar-refractivity contribution in [2.75, 3.05) is 0 Å². The van der Waals surface area contributed by atoms with E-state index in [-0.39, 0.29) is 5.41 Å². The van der Waals surface area contributed by atoms with E-state index in [4.69, 9.17) is 4.74 Å². The molecule has 0 unspecified atom stereocenters. The van der Waals surface area contributed by atoms with Gasteiger partial charge in [0.1, 0.15) is 5.75 Å². The van der Waals surface area contributed by atoms with Crippen LogP contribution in [0.3, 0.4) is 0 Å². The van der Waals surface area contributed by atoms with E-state index in [0.29, 0.717) is 6.10 Å². The first kappa shape index (κ1) is 11.4. The zero-order chi connectivity index (χ0) is 11.8. The molecule has 2 nitrogen and oxygen atoms in total. The molecule has 0 spiro atoms. The Balaban J connectivity index is 2.29. The number of ether oxygens (including phenoxy) is 1. The predicted molar refractivity (Wildman–Crippen MR) is 66.0 cm³/mol. The third kappa shape index (κ3) is 2.55. The Hall–Kier alpha value is -1.05. The number of nitrogens with zero attached hydrogens (tertiary/aromatic N) is 1. The van der Waals surface area contributed by atoms with Crippen LogP contribution in [-0.2, 0) is 11.8 Å². The molecule has 1 saturated carbocycles. The number of aromatic nitrogens is 1. The van der Waals surface area contributed by atoms with Gasteiger partial charge in [0.05, 0.1) is 11.8 Å². The van der Waals surface area contributed by atoms with Crippen LogP contribution in [0.2, 0.25) is 0 Å². The molecule has 0 bridgehead atoms. The van der Waals surface area contributed by atoms with Crippen molar-refractivity contribution in [2.24, 2.45) is 0 Å². The average molecular weight is 219 g/mol. The fraction of sp³-hybridized carbons (Fsp3) is 0.643. The van der Waals surface area contributed by atoms with Crippen molar-refractivity contribution in [3.05, 3.63) is 23.5 Å². The SMILES string of the molecule is CCc1ncc(C(C)(C)C)cc1OC1CC1. The van der Waals surface area contributed by atoms with Gasteiger partial charge in [-0.05, 0) is 36.3 Å². The van der Waals surface area contributed by atoms with Crippen molar-refractivity contribution in [3.63, 3.8) is 0 Å². The maximum absolute atomic E-state index is 5.92. The third-order valence-electron chi connectivity index (χ3n) is 2.95. The fourth-order valence-corrected chi connectivity index (χ4v) is 1.62. The first-order valence-electron chi connectivity index (χ1n) is 6.16. The van der Waals surface area contributed by atoms with Gasteiger partial charge in [-0.3, -0.25) is 4.98 Å². The molecule has 0 amide bonds. The topological polar surface area (TPSA) is 22.1 Å². The normalized spacial score (nSPS) is 16.2. The number of rotatable bonds is 3. The molecule has 2 rings (SSSR count). The van der Waals surface area contributed by atoms with Crippen LogP contribution >= 0.6 is 0 Å². The summed E-state index contributed by atoms with van der Waals surface area (Å²) in [4.78, 5) is 4.52. The lowest BCUT2D eigenvalue weighted by Gasteiger charge is -2.20. The van der Waals surface area contributed by atoms with Crippen LogP contribution in [0.15, 0.2) is 12.3 Å². The molecule has 1 fully saturated rings. The highest BCUT2D eigenvalue weighted by Crippen LogP contribution is 2.32. The van der Waals surface area contributed by atoms with E-state index >= 15 is 0 Å². The van der Waals surface area contributed by atoms with Gasteiger partial charge in [-0.15, -0.1) is 0 Å². The summed E-state index contributed by atoms with van der Waals surface area (Å²) >= 11 is 0. The molecular formula is C14H21NO. The first-order valence-corrected chi connectivity index (χ1v) is 6.16. The minimum Gasteiger partial charge on any atom is -0.489 e. The van der Waals surface area contributed by atoms with Gasteiger partial charge in [-0.1, -0.05) is 27.7 Å². The summed E-state index contributed by atoms with van der Waals surface area (Å²) < 4.78 is 5.92. The van der Waals surface area contributed by atoms with Crippen LogP contribution in [0.1, 0.15) is 51.8 Å². The molecule has 16 heavy (non-hydrogen) atoms. The highest BCUT2D eigenvalue weighted by Gasteiger charge is 2.25. The minimum absolute atomic E-state index is 0.140. The van der Waals surface area contributed by atoms with Gasteiger partial charge in [-0.25, -0.2) is 0 Å². The number of hydrogen-bond donors (Lipinski definition) is 0. The third-order valence-corrected chi connectivity index (χ3v) is 2.95. The summed E-state index contributed by atoms with van der Waals surface area (Å²) in [6.45, 7) is 8.74. The van der Waals surface area contributed by atoms with Crippen molar-refractivity contribution in [2.45, 2.75) is 58.5 Å². The minimum atomic E-state index is 0.140. The monoisotopic (exact) mass is 219 g/mol. The number of hydrogen-bond acceptors (Lipinski definition) is 2. The summed E-state index contributed by atoms with van der Waals surface area (Å²) in [6.07, 6.45) is 5.76. The van der Waals surface area contributed by atoms with E-state index in [1.165, 1.54) is 18.4 Å². The summed E-state index contributed by atoms with van der Waals surface area (Å²) in [5.74, 6) is 0.998. The van der Waals surface area contributed by atoms with Gasteiger partial charge in [0.25, 0.3) is 0 Å². The van der Waals surface area contributed by atoms with Crippen LogP contribution in [0, 0.1) is 0 Å². The van der Waals surface area contributed by atoms with Crippen LogP contribution in [-0.4, -0.2) is 11.1 Å². The van der Waals surface area contributed by atoms with Gasteiger partial charge < -0.3 is 4.74 Å². The summed E-state index contributed by atoms with van der Waals surface area (Å²) in [5.41, 5.74) is 2.47. The van der Waals surface area contributed by atoms with Crippen molar-refractivity contribution in [1.82, 2.24) is 4.98 Å². The predicted octanol–water partition coefficient (Wildman–Crippen LogP) is 3.48. The quantitative estimate of drug-likeness (QED) is 0.776. The smallest absolute Gasteiger partial charge is 0.141 e. The Kier molecular flexibility index (Phi) is 2.92. The molecule has 0 N–H and O–H groups in total. The molecule has 0 saturated heterocycles. The number of pyridine rings is 1. The lowest BCUT2D eigenvalue weighted by molar-refractivity contribution is 0.297. The lowest BCUT2D eigenvalue weighted by atomic mass is 9.88. The van der Waals surface area contributed by atoms with Crippen LogP contribution in [0.25, 0.3) is 0 Å². The molecule has 1 aromatic heterocycles. The molecule has 1 aromatic rings. The molecule has 1 aliphatic rings. The summed E-state index contributed by atoms with van der Waals surface area (Å²) in [5, 5.41) is 0. The standard InChI is InChI=1S/C14H21NO/c1-5-12-13(16-11-6-7-11)8-10(9-15-12)14(2,3)4/h8-9,11H,5-7H2,1-4H3. The first-order chi connectivity index (χ1) is 7.50. The Labute approximate surface area is 98.0 Å². The van der Waals surface area contributed by atoms with Gasteiger partial charge in [0, 0.05) is 6.20 Å². The van der Waals surface area contributed by atoms with Gasteiger partial charge in [-0.2, -0.15) is 0 Å². The van der Waals surface area contributed by atoms with E-state index in [2.05, 4.69) is 38.7 Å². The highest BCUT2D eigenvalue weighted by atomic mass is 16.5. The molecule has 2 heteroatoms. The van der Waals surface area contributed by atoms with Crippen molar-refractivity contribution < 1.29 is 4.74 Å². The maximum atomic E-state index is 5.92. The summed E-state index contributed by atoms with van der Waals surface area (Å²) in [7, 11) is 0. The van der Waals surface area contributed by atoms with Crippen molar-refractivity contribution in [3.8, 4) is 5.75 Å². The molecular weight excluding hydrogens is 198 g/mol. The summed E-state index contributed by atoms with van der Waals surface area (Å²) in [6, 6.07) is 2.17. The van der Waals surface area contributed by atoms with E-state index in [1.54, 1.807) is 0 Å². The second-order valence-corrected chi connectivity index (χ2v) is 5.59. The Morgan fingerprint density at radius 2 is 2.06 bits per heavy atom. The average Bonchev–Trinajstić information content (AvgIpc) is 3.00. The van der Waals surface area contributed by atoms with Gasteiger partial charge >= 0.3 is 0 Å². The van der Waals surface area contributed by atoms with Crippen LogP contribution < -0.4 is 4.74 Å². The zero-order valence-corrected chi connectivity index (χ0v) is 10.7. The second-order valence-electron chi connectivity index (χ2n) is 5.59. The van der Waals surface area contributed by atoms with Crippen LogP contribution in [0.5, 0.6) is 5.75 Å². The molecule has 0 atom stereocenters. The zero-order valence-electron chi connectivity index (χ0n) is 10.7. The van der Waals surface area contributed by atoms with Gasteiger partial charge in [0.15, 0.2) is 0 Å². The van der Waals surface area contributed by atoms with Crippen molar-refractivity contribution in [1.29, 1.82) is 0 Å². The van der Waals surface area contributed by atoms with Crippen LogP contribution in [0.4, 0.5) is 0 Å². The maximum Gasteiger partial charge on any atom is 0.141 e. The molecule has 0 aliphatic heterocycles. The Morgan fingerprint density at radius 3 is 2.56 bits per heavy atom. The van der Waals surface area contributed by atoms with Gasteiger partial charge in [0.2, 0.25) is 0 Å². The molecule has 88 valence electrons. The Morgan fingerprint density at radius 1 is 1.38 bits per heavy atom. The largest absolute Gasteiger partial charge is 0.489 e. The Bertz CT molecular complexity index is 375.